The molecule has 1 aromatic heterocycles. The Kier molecular flexibility index (Phi) is 18.2. The zero-order chi connectivity index (χ0) is 42.9. The number of hydrogen-bond acceptors (Lipinski definition) is 11. The molecule has 0 radical (unpaired) electrons. The van der Waals surface area contributed by atoms with E-state index in [0.29, 0.717) is 72.9 Å². The second-order valence-electron chi connectivity index (χ2n) is 13.7. The molecule has 1 heterocycles. The van der Waals surface area contributed by atoms with Crippen LogP contribution in [0, 0.1) is 12.3 Å². The minimum Gasteiger partial charge on any atom is -0.496 e. The Bertz CT molecular complexity index is 1980. The minimum atomic E-state index is -4.70. The van der Waals surface area contributed by atoms with E-state index in [4.69, 9.17) is 34.6 Å². The molecule has 0 fully saturated rings. The average Bonchev–Trinajstić information content (AvgIpc) is 3.48. The van der Waals surface area contributed by atoms with Crippen LogP contribution in [0.1, 0.15) is 54.6 Å². The highest BCUT2D eigenvalue weighted by molar-refractivity contribution is 6.32. The van der Waals surface area contributed by atoms with Gasteiger partial charge in [-0.2, -0.15) is 18.2 Å². The first-order chi connectivity index (χ1) is 27.5. The number of methoxy groups -OCH3 is 1. The highest BCUT2D eigenvalue weighted by atomic mass is 35.5. The van der Waals surface area contributed by atoms with Crippen molar-refractivity contribution in [1.29, 1.82) is 0 Å². The third-order valence-corrected chi connectivity index (χ3v) is 8.59. The van der Waals surface area contributed by atoms with Crippen LogP contribution in [0.15, 0.2) is 82.6 Å². The normalized spacial score (nSPS) is 12.9. The molecule has 0 amide bonds. The summed E-state index contributed by atoms with van der Waals surface area (Å²) in [6, 6.07) is 11.0. The number of allylic oxidation sites excluding steroid dienone is 1. The summed E-state index contributed by atoms with van der Waals surface area (Å²) in [6.45, 7) is 12.0. The van der Waals surface area contributed by atoms with Crippen LogP contribution in [0.2, 0.25) is 5.02 Å². The lowest BCUT2D eigenvalue weighted by Gasteiger charge is -2.33. The fourth-order valence-corrected chi connectivity index (χ4v) is 5.95. The van der Waals surface area contributed by atoms with Crippen molar-refractivity contribution in [3.8, 4) is 5.75 Å². The number of aliphatic imine (C=N–C) groups is 3. The van der Waals surface area contributed by atoms with Crippen molar-refractivity contribution in [3.63, 3.8) is 0 Å². The molecule has 0 spiro atoms. The number of halogens is 4. The molecular weight excluding hydrogens is 787 g/mol. The summed E-state index contributed by atoms with van der Waals surface area (Å²) in [5, 5.41) is 6.29. The lowest BCUT2D eigenvalue weighted by atomic mass is 9.92. The lowest BCUT2D eigenvalue weighted by Crippen LogP contribution is -2.41. The van der Waals surface area contributed by atoms with Crippen LogP contribution in [-0.2, 0) is 27.4 Å². The number of carbonyl (C=O) groups is 2. The van der Waals surface area contributed by atoms with E-state index in [2.05, 4.69) is 51.1 Å². The van der Waals surface area contributed by atoms with Gasteiger partial charge in [-0.05, 0) is 81.4 Å². The highest BCUT2D eigenvalue weighted by Gasteiger charge is 2.29. The van der Waals surface area contributed by atoms with Crippen LogP contribution in [0.25, 0.3) is 0 Å². The zero-order valence-electron chi connectivity index (χ0n) is 33.3. The van der Waals surface area contributed by atoms with Crippen LogP contribution in [0.5, 0.6) is 5.75 Å². The van der Waals surface area contributed by atoms with Gasteiger partial charge in [-0.3, -0.25) is 14.5 Å². The smallest absolute Gasteiger partial charge is 0.496 e. The molecule has 0 unspecified atom stereocenters. The van der Waals surface area contributed by atoms with Gasteiger partial charge in [-0.15, -0.1) is 0 Å². The van der Waals surface area contributed by atoms with Crippen molar-refractivity contribution in [3.05, 3.63) is 92.3 Å². The number of aldehydes is 1. The van der Waals surface area contributed by atoms with Crippen LogP contribution in [-0.4, -0.2) is 101 Å². The topological polar surface area (TPSA) is 173 Å². The van der Waals surface area contributed by atoms with Crippen LogP contribution in [0.3, 0.4) is 0 Å². The molecule has 2 aromatic carbocycles. The lowest BCUT2D eigenvalue weighted by molar-refractivity contribution is -0.125. The largest absolute Gasteiger partial charge is 0.519 e. The van der Waals surface area contributed by atoms with Crippen LogP contribution in [0.4, 0.5) is 18.9 Å². The zero-order valence-corrected chi connectivity index (χ0v) is 34.0. The van der Waals surface area contributed by atoms with Gasteiger partial charge in [0.05, 0.1) is 31.8 Å². The maximum Gasteiger partial charge on any atom is 0.519 e. The van der Waals surface area contributed by atoms with Gasteiger partial charge in [-0.25, -0.2) is 14.8 Å². The maximum absolute atomic E-state index is 13.6. The molecule has 58 heavy (non-hydrogen) atoms. The summed E-state index contributed by atoms with van der Waals surface area (Å²) in [5.74, 6) is -0.252. The predicted octanol–water partition coefficient (Wildman–Crippen LogP) is 6.46. The molecule has 19 heteroatoms. The maximum atomic E-state index is 13.6. The van der Waals surface area contributed by atoms with Crippen molar-refractivity contribution < 1.29 is 45.8 Å². The summed E-state index contributed by atoms with van der Waals surface area (Å²) in [5.41, 5.74) is 1.23. The number of aryl methyl sites for hydroxylation is 1. The van der Waals surface area contributed by atoms with Gasteiger partial charge in [0.1, 0.15) is 35.9 Å². The van der Waals surface area contributed by atoms with Crippen LogP contribution < -0.4 is 21.2 Å². The number of nitrogens with one attached hydrogen (secondary N) is 2. The molecule has 3 aromatic rings. The third kappa shape index (κ3) is 15.8. The van der Waals surface area contributed by atoms with Crippen molar-refractivity contribution in [2.75, 3.05) is 58.8 Å². The molecule has 0 aliphatic heterocycles. The molecule has 0 aliphatic carbocycles. The highest BCUT2D eigenvalue weighted by Crippen LogP contribution is 2.28. The summed E-state index contributed by atoms with van der Waals surface area (Å²) < 4.78 is 67.4. The quantitative estimate of drug-likeness (QED) is 0.0395. The molecule has 0 aliphatic rings. The fraction of sp³-hybridized carbons (Fsp3) is 0.436. The number of rotatable bonds is 21. The Morgan fingerprint density at radius 2 is 1.81 bits per heavy atom. The van der Waals surface area contributed by atoms with Crippen molar-refractivity contribution >= 4 is 48.7 Å². The number of anilines is 1. The first kappa shape index (κ1) is 46.9. The number of alkyl halides is 3. The van der Waals surface area contributed by atoms with E-state index < -0.39 is 24.5 Å². The van der Waals surface area contributed by atoms with E-state index in [1.165, 1.54) is 31.1 Å². The standard InChI is InChI=1S/C39H49ClF3N7O8/c1-26(56-25-52)33(54-7)19-49(24-38(3,4)22-44-5)15-8-16-55-32-14-11-29(17-31(32)40)18-50(20-34-27(2)57-37(53)58-34)36(46-23-39(41,42)43)48-35(45-6)47-30-12-9-28(21-51)10-13-30/h9-14,17,21,25,44H,6,8,15-16,18-20,22-24H2,1-5,7H3,(H,46,47,48)/b33-26-. The Balaban J connectivity index is 1.87. The summed E-state index contributed by atoms with van der Waals surface area (Å²) >= 11 is 6.67. The van der Waals surface area contributed by atoms with Gasteiger partial charge >= 0.3 is 12.0 Å². The number of ether oxygens (including phenoxy) is 3. The second-order valence-corrected chi connectivity index (χ2v) is 14.2. The predicted molar refractivity (Wildman–Crippen MR) is 215 cm³/mol. The number of carbonyl (C=O) groups excluding carboxylic acids is 2. The summed E-state index contributed by atoms with van der Waals surface area (Å²) in [7, 11) is 3.40. The average molecular weight is 836 g/mol. The molecule has 15 nitrogen and oxygen atoms in total. The number of benzene rings is 2. The van der Waals surface area contributed by atoms with Crippen molar-refractivity contribution in [2.24, 2.45) is 20.4 Å². The fourth-order valence-electron chi connectivity index (χ4n) is 5.69. The van der Waals surface area contributed by atoms with Gasteiger partial charge in [0.25, 0.3) is 6.47 Å². The first-order valence-corrected chi connectivity index (χ1v) is 18.3. The number of hydrogen-bond donors (Lipinski definition) is 2. The third-order valence-electron chi connectivity index (χ3n) is 8.30. The van der Waals surface area contributed by atoms with E-state index in [0.717, 1.165) is 6.54 Å². The molecular formula is C39H49ClF3N7O8. The minimum absolute atomic E-state index is 0.0272. The van der Waals surface area contributed by atoms with Gasteiger partial charge in [-0.1, -0.05) is 31.5 Å². The Morgan fingerprint density at radius 1 is 1.09 bits per heavy atom. The molecule has 0 atom stereocenters. The van der Waals surface area contributed by atoms with E-state index in [1.807, 2.05) is 7.05 Å². The Labute approximate surface area is 339 Å². The molecule has 0 saturated heterocycles. The Morgan fingerprint density at radius 3 is 2.38 bits per heavy atom. The van der Waals surface area contributed by atoms with Crippen molar-refractivity contribution in [2.45, 2.75) is 53.4 Å². The molecule has 2 N–H and O–H groups in total. The van der Waals surface area contributed by atoms with Crippen molar-refractivity contribution in [1.82, 2.24) is 15.1 Å². The molecule has 3 rings (SSSR count). The molecule has 0 saturated carbocycles. The summed E-state index contributed by atoms with van der Waals surface area (Å²) in [6.07, 6.45) is -3.45. The number of guanidine groups is 2. The monoisotopic (exact) mass is 835 g/mol. The molecule has 0 bridgehead atoms. The Hall–Kier alpha value is -5.46. The molecule has 316 valence electrons. The summed E-state index contributed by atoms with van der Waals surface area (Å²) in [4.78, 5) is 49.3. The number of nitrogens with zero attached hydrogens (tertiary/aromatic N) is 5. The first-order valence-electron chi connectivity index (χ1n) is 17.9. The van der Waals surface area contributed by atoms with Gasteiger partial charge in [0, 0.05) is 37.4 Å². The van der Waals surface area contributed by atoms with Gasteiger partial charge < -0.3 is 38.6 Å². The van der Waals surface area contributed by atoms with Crippen LogP contribution >= 0.6 is 11.6 Å². The van der Waals surface area contributed by atoms with E-state index >= 15 is 0 Å². The van der Waals surface area contributed by atoms with E-state index in [1.54, 1.807) is 37.3 Å². The SMILES string of the molecule is C=NC(=NC(=NCC(F)(F)F)N(Cc1ccc(OCCCN(C/C(OC)=C(\C)OC=O)CC(C)(C)CNC)c(Cl)c1)Cc1oc(=O)oc1C)Nc1ccc(C=O)cc1. The van der Waals surface area contributed by atoms with E-state index in [-0.39, 0.29) is 47.6 Å². The van der Waals surface area contributed by atoms with Gasteiger partial charge in [0.2, 0.25) is 11.9 Å². The second kappa shape index (κ2) is 22.5. The van der Waals surface area contributed by atoms with Gasteiger partial charge in [0.15, 0.2) is 5.76 Å². The van der Waals surface area contributed by atoms with E-state index in [9.17, 15) is 27.6 Å².